The molecule has 0 heterocycles. The van der Waals surface area contributed by atoms with Gasteiger partial charge in [0.1, 0.15) is 5.78 Å². The van der Waals surface area contributed by atoms with Crippen LogP contribution in [0.25, 0.3) is 0 Å². The zero-order valence-corrected chi connectivity index (χ0v) is 14.3. The van der Waals surface area contributed by atoms with Crippen molar-refractivity contribution in [2.75, 3.05) is 0 Å². The van der Waals surface area contributed by atoms with E-state index in [9.17, 15) is 9.90 Å². The van der Waals surface area contributed by atoms with Crippen LogP contribution in [0.15, 0.2) is 0 Å². The van der Waals surface area contributed by atoms with Gasteiger partial charge in [0.25, 0.3) is 0 Å². The second kappa shape index (κ2) is 5.06. The number of Topliss-reactive ketones (excluding diaryl/α,β-unsaturated/α-hetero) is 1. The first kappa shape index (κ1) is 15.2. The lowest BCUT2D eigenvalue weighted by Crippen LogP contribution is -2.56. The average molecular weight is 304 g/mol. The van der Waals surface area contributed by atoms with Gasteiger partial charge < -0.3 is 5.11 Å². The molecule has 4 saturated carbocycles. The smallest absolute Gasteiger partial charge is 0.139 e. The van der Waals surface area contributed by atoms with Crippen LogP contribution in [0.3, 0.4) is 0 Å². The molecule has 4 rings (SSSR count). The van der Waals surface area contributed by atoms with E-state index in [1.54, 1.807) is 0 Å². The van der Waals surface area contributed by atoms with Gasteiger partial charge in [0.05, 0.1) is 6.10 Å². The number of aliphatic hydroxyl groups excluding tert-OH is 1. The van der Waals surface area contributed by atoms with Crippen molar-refractivity contribution in [3.05, 3.63) is 0 Å². The van der Waals surface area contributed by atoms with E-state index in [1.165, 1.54) is 32.1 Å². The molecule has 1 N–H and O–H groups in total. The van der Waals surface area contributed by atoms with Crippen LogP contribution >= 0.6 is 0 Å². The van der Waals surface area contributed by atoms with Crippen LogP contribution in [0, 0.1) is 34.5 Å². The maximum absolute atomic E-state index is 12.6. The van der Waals surface area contributed by atoms with Crippen LogP contribution in [0.1, 0.15) is 78.1 Å². The Morgan fingerprint density at radius 3 is 2.64 bits per heavy atom. The summed E-state index contributed by atoms with van der Waals surface area (Å²) in [5.74, 6) is 3.52. The average Bonchev–Trinajstić information content (AvgIpc) is 2.49. The molecule has 0 unspecified atom stereocenters. The first-order valence-corrected chi connectivity index (χ1v) is 9.66. The topological polar surface area (TPSA) is 37.3 Å². The third kappa shape index (κ3) is 1.98. The van der Waals surface area contributed by atoms with Crippen LogP contribution in [0.5, 0.6) is 0 Å². The molecule has 0 aromatic rings. The van der Waals surface area contributed by atoms with Crippen LogP contribution in [0.2, 0.25) is 0 Å². The van der Waals surface area contributed by atoms with Crippen LogP contribution in [0.4, 0.5) is 0 Å². The van der Waals surface area contributed by atoms with E-state index in [2.05, 4.69) is 13.8 Å². The van der Waals surface area contributed by atoms with Crippen molar-refractivity contribution in [3.63, 3.8) is 0 Å². The van der Waals surface area contributed by atoms with Gasteiger partial charge >= 0.3 is 0 Å². The van der Waals surface area contributed by atoms with Crippen LogP contribution in [-0.2, 0) is 4.79 Å². The fourth-order valence-corrected chi connectivity index (χ4v) is 7.20. The molecule has 2 nitrogen and oxygen atoms in total. The number of fused-ring (bicyclic) bond motifs is 5. The van der Waals surface area contributed by atoms with Gasteiger partial charge in [0.15, 0.2) is 0 Å². The molecule has 7 atom stereocenters. The molecule has 0 aliphatic heterocycles. The predicted molar refractivity (Wildman–Crippen MR) is 87.4 cm³/mol. The highest BCUT2D eigenvalue weighted by Crippen LogP contribution is 2.64. The normalized spacial score (nSPS) is 55.0. The van der Waals surface area contributed by atoms with E-state index in [0.29, 0.717) is 17.1 Å². The van der Waals surface area contributed by atoms with Crippen molar-refractivity contribution in [3.8, 4) is 0 Å². The Bertz CT molecular complexity index is 472. The summed E-state index contributed by atoms with van der Waals surface area (Å²) in [4.78, 5) is 12.6. The number of aliphatic hydroxyl groups is 1. The third-order valence-electron chi connectivity index (χ3n) is 8.58. The predicted octanol–water partition coefficient (Wildman–Crippen LogP) is 4.35. The Morgan fingerprint density at radius 2 is 1.82 bits per heavy atom. The van der Waals surface area contributed by atoms with Crippen molar-refractivity contribution in [2.24, 2.45) is 34.5 Å². The van der Waals surface area contributed by atoms with Crippen molar-refractivity contribution < 1.29 is 9.90 Å². The monoisotopic (exact) mass is 304 g/mol. The summed E-state index contributed by atoms with van der Waals surface area (Å²) in [7, 11) is 0. The van der Waals surface area contributed by atoms with Crippen molar-refractivity contribution >= 4 is 5.78 Å². The molecule has 4 aliphatic carbocycles. The van der Waals surface area contributed by atoms with Gasteiger partial charge in [0, 0.05) is 11.8 Å². The lowest BCUT2D eigenvalue weighted by Gasteiger charge is -2.61. The van der Waals surface area contributed by atoms with E-state index in [0.717, 1.165) is 49.9 Å². The van der Waals surface area contributed by atoms with Gasteiger partial charge in [-0.25, -0.2) is 0 Å². The lowest BCUT2D eigenvalue weighted by atomic mass is 9.43. The Hall–Kier alpha value is -0.370. The molecule has 0 radical (unpaired) electrons. The summed E-state index contributed by atoms with van der Waals surface area (Å²) in [6.07, 6.45) is 11.4. The summed E-state index contributed by atoms with van der Waals surface area (Å²) >= 11 is 0. The summed E-state index contributed by atoms with van der Waals surface area (Å²) < 4.78 is 0. The van der Waals surface area contributed by atoms with E-state index in [1.807, 2.05) is 0 Å². The molecule has 0 aromatic carbocycles. The van der Waals surface area contributed by atoms with Gasteiger partial charge in [-0.1, -0.05) is 13.8 Å². The minimum Gasteiger partial charge on any atom is -0.393 e. The fourth-order valence-electron chi connectivity index (χ4n) is 7.20. The second-order valence-electron chi connectivity index (χ2n) is 9.36. The molecule has 0 spiro atoms. The SMILES string of the molecule is C[C@@]12CC[C@@H](O)C[C@@H]1CC[C@H]1[C@H]2CC[C@]2(C)C(=O)CCC[C@H]12. The molecule has 2 heteroatoms. The molecule has 0 bridgehead atoms. The number of carbonyl (C=O) groups excluding carboxylic acids is 1. The molecular weight excluding hydrogens is 272 g/mol. The van der Waals surface area contributed by atoms with E-state index in [4.69, 9.17) is 0 Å². The molecule has 4 fully saturated rings. The summed E-state index contributed by atoms with van der Waals surface area (Å²) in [6.45, 7) is 4.81. The number of hydrogen-bond acceptors (Lipinski definition) is 2. The van der Waals surface area contributed by atoms with Gasteiger partial charge in [-0.3, -0.25) is 4.79 Å². The zero-order valence-electron chi connectivity index (χ0n) is 14.3. The van der Waals surface area contributed by atoms with Crippen LogP contribution in [-0.4, -0.2) is 17.0 Å². The Morgan fingerprint density at radius 1 is 1.00 bits per heavy atom. The highest BCUT2D eigenvalue weighted by molar-refractivity contribution is 5.85. The van der Waals surface area contributed by atoms with Crippen molar-refractivity contribution in [2.45, 2.75) is 84.2 Å². The second-order valence-corrected chi connectivity index (χ2v) is 9.36. The first-order valence-electron chi connectivity index (χ1n) is 9.66. The van der Waals surface area contributed by atoms with Gasteiger partial charge in [-0.05, 0) is 86.9 Å². The molecule has 0 amide bonds. The van der Waals surface area contributed by atoms with E-state index < -0.39 is 0 Å². The van der Waals surface area contributed by atoms with Crippen molar-refractivity contribution in [1.82, 2.24) is 0 Å². The molecule has 0 aromatic heterocycles. The molecule has 22 heavy (non-hydrogen) atoms. The fraction of sp³-hybridized carbons (Fsp3) is 0.950. The quantitative estimate of drug-likeness (QED) is 0.722. The summed E-state index contributed by atoms with van der Waals surface area (Å²) in [5.41, 5.74) is 0.431. The molecule has 0 saturated heterocycles. The van der Waals surface area contributed by atoms with E-state index >= 15 is 0 Å². The Balaban J connectivity index is 1.63. The molecule has 4 aliphatic rings. The minimum atomic E-state index is -0.0558. The maximum Gasteiger partial charge on any atom is 0.139 e. The van der Waals surface area contributed by atoms with Crippen molar-refractivity contribution in [1.29, 1.82) is 0 Å². The van der Waals surface area contributed by atoms with Gasteiger partial charge in [0.2, 0.25) is 0 Å². The van der Waals surface area contributed by atoms with Gasteiger partial charge in [-0.15, -0.1) is 0 Å². The largest absolute Gasteiger partial charge is 0.393 e. The minimum absolute atomic E-state index is 0.00318. The number of hydrogen-bond donors (Lipinski definition) is 1. The summed E-state index contributed by atoms with van der Waals surface area (Å²) in [5, 5.41) is 10.1. The first-order chi connectivity index (χ1) is 10.4. The molecule has 124 valence electrons. The third-order valence-corrected chi connectivity index (χ3v) is 8.58. The van der Waals surface area contributed by atoms with E-state index in [-0.39, 0.29) is 11.5 Å². The number of rotatable bonds is 0. The standard InChI is InChI=1S/C20H32O2/c1-19-10-8-14(21)12-13(19)6-7-15-16-4-3-5-18(22)20(16,2)11-9-17(15)19/h13-17,21H,3-12H2,1-2H3/t13-,14+,15+,16+,17+,19+,20-/m0/s1. The lowest BCUT2D eigenvalue weighted by molar-refractivity contribution is -0.158. The molecular formula is C20H32O2. The Kier molecular flexibility index (Phi) is 3.49. The maximum atomic E-state index is 12.6. The zero-order chi connectivity index (χ0) is 15.5. The number of carbonyl (C=O) groups is 1. The summed E-state index contributed by atoms with van der Waals surface area (Å²) in [6, 6.07) is 0. The van der Waals surface area contributed by atoms with Gasteiger partial charge in [-0.2, -0.15) is 0 Å². The number of ketones is 1. The highest BCUT2D eigenvalue weighted by atomic mass is 16.3. The van der Waals surface area contributed by atoms with Crippen LogP contribution < -0.4 is 0 Å². The highest BCUT2D eigenvalue weighted by Gasteiger charge is 2.58. The Labute approximate surface area is 135 Å².